The summed E-state index contributed by atoms with van der Waals surface area (Å²) in [5.74, 6) is -4.62. The van der Waals surface area contributed by atoms with Crippen molar-refractivity contribution in [1.29, 1.82) is 0 Å². The van der Waals surface area contributed by atoms with Gasteiger partial charge in [0, 0.05) is 22.5 Å². The maximum Gasteiger partial charge on any atom is 0.490 e. The van der Waals surface area contributed by atoms with Gasteiger partial charge in [0.05, 0.1) is 22.8 Å². The van der Waals surface area contributed by atoms with Gasteiger partial charge < -0.3 is 21.1 Å². The lowest BCUT2D eigenvalue weighted by atomic mass is 9.82. The highest BCUT2D eigenvalue weighted by molar-refractivity contribution is 7.98. The summed E-state index contributed by atoms with van der Waals surface area (Å²) < 4.78 is 96.7. The van der Waals surface area contributed by atoms with Crippen LogP contribution in [0.2, 0.25) is 0 Å². The Balaban J connectivity index is 0.000000860. The van der Waals surface area contributed by atoms with Crippen molar-refractivity contribution in [3.8, 4) is 0 Å². The SMILES string of the molecule is CN[C@@H]1CC[C@H](NC(=O)CNC(=O)c2cccc(C(F)(F)F)c2)[C@H](CS(=O)(=O)c2ccc(SC)cc2)C1.O=C(O)C(F)(F)F. The average molecular weight is 672 g/mol. The lowest BCUT2D eigenvalue weighted by Crippen LogP contribution is -2.51. The van der Waals surface area contributed by atoms with Crippen molar-refractivity contribution in [3.05, 3.63) is 59.7 Å². The highest BCUT2D eigenvalue weighted by atomic mass is 32.2. The van der Waals surface area contributed by atoms with Crippen molar-refractivity contribution in [2.45, 2.75) is 53.5 Å². The Morgan fingerprint density at radius 3 is 2.14 bits per heavy atom. The van der Waals surface area contributed by atoms with Crippen molar-refractivity contribution in [2.24, 2.45) is 5.92 Å². The number of aliphatic carboxylic acids is 1. The molecule has 44 heavy (non-hydrogen) atoms. The third-order valence-corrected chi connectivity index (χ3v) is 9.29. The molecule has 17 heteroatoms. The monoisotopic (exact) mass is 671 g/mol. The van der Waals surface area contributed by atoms with E-state index in [-0.39, 0.29) is 28.2 Å². The molecule has 0 spiro atoms. The second-order valence-electron chi connectivity index (χ2n) is 9.75. The minimum Gasteiger partial charge on any atom is -0.475 e. The van der Waals surface area contributed by atoms with Crippen LogP contribution < -0.4 is 16.0 Å². The van der Waals surface area contributed by atoms with E-state index in [0.29, 0.717) is 12.8 Å². The molecule has 244 valence electrons. The topological polar surface area (TPSA) is 142 Å². The van der Waals surface area contributed by atoms with Crippen molar-refractivity contribution in [1.82, 2.24) is 16.0 Å². The molecule has 3 atom stereocenters. The maximum absolute atomic E-state index is 13.1. The Kier molecular flexibility index (Phi) is 13.1. The summed E-state index contributed by atoms with van der Waals surface area (Å²) in [6, 6.07) is 10.3. The number of carboxylic acids is 1. The molecular formula is C27H31F6N3O6S2. The molecular weight excluding hydrogens is 640 g/mol. The Morgan fingerprint density at radius 1 is 1.00 bits per heavy atom. The van der Waals surface area contributed by atoms with Gasteiger partial charge in [0.25, 0.3) is 5.91 Å². The molecule has 1 fully saturated rings. The van der Waals surface area contributed by atoms with Crippen molar-refractivity contribution in [3.63, 3.8) is 0 Å². The predicted octanol–water partition coefficient (Wildman–Crippen LogP) is 4.14. The fourth-order valence-corrected chi connectivity index (χ4v) is 6.50. The number of sulfone groups is 1. The summed E-state index contributed by atoms with van der Waals surface area (Å²) in [4.78, 5) is 35.0. The molecule has 0 saturated heterocycles. The van der Waals surface area contributed by atoms with Gasteiger partial charge in [0.15, 0.2) is 9.84 Å². The number of carbonyl (C=O) groups excluding carboxylic acids is 2. The number of halogens is 6. The van der Waals surface area contributed by atoms with Gasteiger partial charge in [-0.3, -0.25) is 9.59 Å². The van der Waals surface area contributed by atoms with Crippen LogP contribution >= 0.6 is 11.8 Å². The van der Waals surface area contributed by atoms with Crippen molar-refractivity contribution >= 4 is 39.4 Å². The van der Waals surface area contributed by atoms with E-state index in [4.69, 9.17) is 9.90 Å². The van der Waals surface area contributed by atoms with E-state index in [0.717, 1.165) is 29.5 Å². The number of rotatable bonds is 9. The molecule has 0 aliphatic heterocycles. The lowest BCUT2D eigenvalue weighted by Gasteiger charge is -2.36. The van der Waals surface area contributed by atoms with Crippen LogP contribution in [0.15, 0.2) is 58.3 Å². The molecule has 0 unspecified atom stereocenters. The summed E-state index contributed by atoms with van der Waals surface area (Å²) in [5, 5.41) is 15.5. The van der Waals surface area contributed by atoms with E-state index in [1.165, 1.54) is 17.8 Å². The van der Waals surface area contributed by atoms with Crippen LogP contribution in [0, 0.1) is 5.92 Å². The van der Waals surface area contributed by atoms with Gasteiger partial charge in [-0.2, -0.15) is 26.3 Å². The molecule has 1 aliphatic carbocycles. The first-order chi connectivity index (χ1) is 20.4. The van der Waals surface area contributed by atoms with E-state index in [1.807, 2.05) is 6.26 Å². The first-order valence-electron chi connectivity index (χ1n) is 13.0. The second kappa shape index (κ2) is 15.6. The molecule has 4 N–H and O–H groups in total. The zero-order valence-corrected chi connectivity index (χ0v) is 25.1. The number of hydrogen-bond acceptors (Lipinski definition) is 7. The van der Waals surface area contributed by atoms with Crippen LogP contribution in [0.3, 0.4) is 0 Å². The number of nitrogens with one attached hydrogen (secondary N) is 3. The van der Waals surface area contributed by atoms with Gasteiger partial charge in [-0.1, -0.05) is 6.07 Å². The Hall–Kier alpha value is -3.31. The van der Waals surface area contributed by atoms with Crippen LogP contribution in [-0.2, 0) is 25.6 Å². The highest BCUT2D eigenvalue weighted by Gasteiger charge is 2.38. The molecule has 0 heterocycles. The molecule has 0 radical (unpaired) electrons. The third-order valence-electron chi connectivity index (χ3n) is 6.69. The standard InChI is InChI=1S/C25H30F3N3O4S2.C2HF3O2/c1-29-19-6-11-22(17(13-19)15-37(34,35)21-9-7-20(36-2)8-10-21)31-23(32)14-30-24(33)16-4-3-5-18(12-16)25(26,27)28;3-2(4,5)1(6)7/h3-5,7-10,12,17,19,22,29H,6,11,13-15H2,1-2H3,(H,30,33)(H,31,32);(H,6,7)/t17-,19+,22-;/m0./s1. The van der Waals surface area contributed by atoms with Crippen LogP contribution in [-0.4, -0.2) is 75.2 Å². The summed E-state index contributed by atoms with van der Waals surface area (Å²) in [6.07, 6.45) is -5.95. The first kappa shape index (κ1) is 36.9. The molecule has 2 amide bonds. The largest absolute Gasteiger partial charge is 0.490 e. The van der Waals surface area contributed by atoms with E-state index in [9.17, 15) is 44.3 Å². The normalized spacial score (nSPS) is 18.9. The molecule has 2 aromatic rings. The second-order valence-corrected chi connectivity index (χ2v) is 12.7. The Bertz CT molecular complexity index is 1400. The molecule has 1 saturated carbocycles. The fraction of sp³-hybridized carbons (Fsp3) is 0.444. The van der Waals surface area contributed by atoms with Crippen LogP contribution in [0.5, 0.6) is 0 Å². The number of amides is 2. The number of alkyl halides is 6. The van der Waals surface area contributed by atoms with Gasteiger partial charge in [-0.15, -0.1) is 11.8 Å². The minimum atomic E-state index is -5.08. The average Bonchev–Trinajstić information content (AvgIpc) is 2.96. The number of carboxylic acid groups (broad SMARTS) is 1. The zero-order chi connectivity index (χ0) is 33.3. The summed E-state index contributed by atoms with van der Waals surface area (Å²) in [6.45, 7) is -0.448. The summed E-state index contributed by atoms with van der Waals surface area (Å²) in [7, 11) is -1.81. The van der Waals surface area contributed by atoms with Crippen molar-refractivity contribution in [2.75, 3.05) is 25.6 Å². The third kappa shape index (κ3) is 11.3. The molecule has 2 aromatic carbocycles. The number of thioether (sulfide) groups is 1. The van der Waals surface area contributed by atoms with Gasteiger partial charge in [-0.25, -0.2) is 13.2 Å². The van der Waals surface area contributed by atoms with Gasteiger partial charge >= 0.3 is 18.3 Å². The van der Waals surface area contributed by atoms with E-state index in [1.54, 1.807) is 31.3 Å². The van der Waals surface area contributed by atoms with Crippen molar-refractivity contribution < 1.29 is 54.3 Å². The summed E-state index contributed by atoms with van der Waals surface area (Å²) >= 11 is 1.51. The lowest BCUT2D eigenvalue weighted by molar-refractivity contribution is -0.192. The quantitative estimate of drug-likeness (QED) is 0.230. The zero-order valence-electron chi connectivity index (χ0n) is 23.5. The van der Waals surface area contributed by atoms with Gasteiger partial charge in [0.1, 0.15) is 0 Å². The van der Waals surface area contributed by atoms with E-state index < -0.39 is 58.1 Å². The van der Waals surface area contributed by atoms with E-state index in [2.05, 4.69) is 16.0 Å². The van der Waals surface area contributed by atoms with Crippen LogP contribution in [0.1, 0.15) is 35.2 Å². The molecule has 9 nitrogen and oxygen atoms in total. The Labute approximate surface area is 254 Å². The maximum atomic E-state index is 13.1. The number of hydrogen-bond donors (Lipinski definition) is 4. The van der Waals surface area contributed by atoms with Crippen LogP contribution in [0.25, 0.3) is 0 Å². The molecule has 0 bridgehead atoms. The fourth-order valence-electron chi connectivity index (χ4n) is 4.42. The van der Waals surface area contributed by atoms with Crippen LogP contribution in [0.4, 0.5) is 26.3 Å². The highest BCUT2D eigenvalue weighted by Crippen LogP contribution is 2.30. The smallest absolute Gasteiger partial charge is 0.475 e. The van der Waals surface area contributed by atoms with Gasteiger partial charge in [0.2, 0.25) is 5.91 Å². The number of carbonyl (C=O) groups is 3. The number of benzene rings is 2. The first-order valence-corrected chi connectivity index (χ1v) is 15.8. The van der Waals surface area contributed by atoms with E-state index >= 15 is 0 Å². The minimum absolute atomic E-state index is 0.104. The molecule has 3 rings (SSSR count). The molecule has 1 aliphatic rings. The van der Waals surface area contributed by atoms with Gasteiger partial charge in [-0.05, 0) is 80.9 Å². The molecule has 0 aromatic heterocycles. The predicted molar refractivity (Wildman–Crippen MR) is 150 cm³/mol. The Morgan fingerprint density at radius 2 is 1.61 bits per heavy atom. The summed E-state index contributed by atoms with van der Waals surface area (Å²) in [5.41, 5.74) is -1.17.